The molecule has 3 N–H and O–H groups in total. The third-order valence-electron chi connectivity index (χ3n) is 2.96. The van der Waals surface area contributed by atoms with E-state index < -0.39 is 0 Å². The SMILES string of the molecule is Cc1n[nH]c(C)c1C(=O)NC1CCC(=O)NC1. The average molecular weight is 236 g/mol. The van der Waals surface area contributed by atoms with E-state index in [9.17, 15) is 9.59 Å². The third kappa shape index (κ3) is 2.46. The van der Waals surface area contributed by atoms with Crippen molar-refractivity contribution in [3.63, 3.8) is 0 Å². The number of nitrogens with one attached hydrogen (secondary N) is 3. The Morgan fingerprint density at radius 1 is 1.47 bits per heavy atom. The number of piperidine rings is 1. The summed E-state index contributed by atoms with van der Waals surface area (Å²) in [7, 11) is 0. The highest BCUT2D eigenvalue weighted by molar-refractivity contribution is 5.96. The van der Waals surface area contributed by atoms with Gasteiger partial charge in [-0.25, -0.2) is 0 Å². The molecule has 1 fully saturated rings. The van der Waals surface area contributed by atoms with Gasteiger partial charge in [0, 0.05) is 24.7 Å². The highest BCUT2D eigenvalue weighted by Crippen LogP contribution is 2.10. The van der Waals surface area contributed by atoms with Crippen molar-refractivity contribution in [1.29, 1.82) is 0 Å². The summed E-state index contributed by atoms with van der Waals surface area (Å²) in [5.41, 5.74) is 2.06. The lowest BCUT2D eigenvalue weighted by Crippen LogP contribution is -2.47. The van der Waals surface area contributed by atoms with E-state index in [0.717, 1.165) is 5.69 Å². The number of aromatic nitrogens is 2. The Morgan fingerprint density at radius 3 is 2.76 bits per heavy atom. The number of carbonyl (C=O) groups excluding carboxylic acids is 2. The van der Waals surface area contributed by atoms with Crippen LogP contribution >= 0.6 is 0 Å². The highest BCUT2D eigenvalue weighted by atomic mass is 16.2. The Labute approximate surface area is 99.2 Å². The van der Waals surface area contributed by atoms with Crippen LogP contribution in [0, 0.1) is 13.8 Å². The van der Waals surface area contributed by atoms with Crippen LogP contribution in [0.4, 0.5) is 0 Å². The second kappa shape index (κ2) is 4.57. The molecule has 1 unspecified atom stereocenters. The van der Waals surface area contributed by atoms with Gasteiger partial charge in [-0.2, -0.15) is 5.10 Å². The Hall–Kier alpha value is -1.85. The summed E-state index contributed by atoms with van der Waals surface area (Å²) in [6, 6.07) is 0.00824. The van der Waals surface area contributed by atoms with Crippen molar-refractivity contribution in [2.45, 2.75) is 32.7 Å². The summed E-state index contributed by atoms with van der Waals surface area (Å²) in [5, 5.41) is 12.4. The fourth-order valence-electron chi connectivity index (χ4n) is 2.00. The first kappa shape index (κ1) is 11.6. The topological polar surface area (TPSA) is 86.9 Å². The summed E-state index contributed by atoms with van der Waals surface area (Å²) in [4.78, 5) is 23.0. The number of aryl methyl sites for hydroxylation is 2. The molecule has 2 rings (SSSR count). The van der Waals surface area contributed by atoms with Crippen LogP contribution < -0.4 is 10.6 Å². The van der Waals surface area contributed by atoms with Crippen LogP contribution in [0.1, 0.15) is 34.6 Å². The molecule has 1 atom stereocenters. The maximum Gasteiger partial charge on any atom is 0.255 e. The van der Waals surface area contributed by atoms with E-state index in [2.05, 4.69) is 20.8 Å². The molecule has 1 aromatic rings. The van der Waals surface area contributed by atoms with Crippen LogP contribution in [0.3, 0.4) is 0 Å². The number of rotatable bonds is 2. The molecule has 1 aromatic heterocycles. The smallest absolute Gasteiger partial charge is 0.255 e. The van der Waals surface area contributed by atoms with E-state index in [1.807, 2.05) is 6.92 Å². The first-order chi connectivity index (χ1) is 8.08. The number of hydrogen-bond acceptors (Lipinski definition) is 3. The minimum Gasteiger partial charge on any atom is -0.354 e. The largest absolute Gasteiger partial charge is 0.354 e. The van der Waals surface area contributed by atoms with Crippen LogP contribution in [0.15, 0.2) is 0 Å². The van der Waals surface area contributed by atoms with Gasteiger partial charge in [0.2, 0.25) is 5.91 Å². The molecule has 6 nitrogen and oxygen atoms in total. The van der Waals surface area contributed by atoms with E-state index in [-0.39, 0.29) is 17.9 Å². The van der Waals surface area contributed by atoms with Crippen LogP contribution in [0.25, 0.3) is 0 Å². The molecule has 2 amide bonds. The third-order valence-corrected chi connectivity index (χ3v) is 2.96. The van der Waals surface area contributed by atoms with Gasteiger partial charge in [0.05, 0.1) is 11.3 Å². The summed E-state index contributed by atoms with van der Waals surface area (Å²) in [6.07, 6.45) is 1.15. The molecule has 0 saturated carbocycles. The van der Waals surface area contributed by atoms with Gasteiger partial charge in [-0.15, -0.1) is 0 Å². The van der Waals surface area contributed by atoms with Crippen molar-refractivity contribution >= 4 is 11.8 Å². The molecule has 0 aliphatic carbocycles. The Balaban J connectivity index is 2.00. The maximum atomic E-state index is 12.0. The van der Waals surface area contributed by atoms with E-state index >= 15 is 0 Å². The van der Waals surface area contributed by atoms with Crippen LogP contribution in [0.2, 0.25) is 0 Å². The molecule has 0 bridgehead atoms. The second-order valence-electron chi connectivity index (χ2n) is 4.32. The maximum absolute atomic E-state index is 12.0. The van der Waals surface area contributed by atoms with Crippen molar-refractivity contribution < 1.29 is 9.59 Å². The molecular formula is C11H16N4O2. The van der Waals surface area contributed by atoms with Gasteiger partial charge >= 0.3 is 0 Å². The lowest BCUT2D eigenvalue weighted by Gasteiger charge is -2.23. The van der Waals surface area contributed by atoms with Crippen molar-refractivity contribution in [3.05, 3.63) is 17.0 Å². The first-order valence-corrected chi connectivity index (χ1v) is 5.67. The molecule has 0 aromatic carbocycles. The van der Waals surface area contributed by atoms with Gasteiger partial charge in [0.15, 0.2) is 0 Å². The lowest BCUT2D eigenvalue weighted by molar-refractivity contribution is -0.122. The number of H-pyrrole nitrogens is 1. The molecule has 2 heterocycles. The normalized spacial score (nSPS) is 19.9. The average Bonchev–Trinajstić information content (AvgIpc) is 2.62. The number of carbonyl (C=O) groups is 2. The highest BCUT2D eigenvalue weighted by Gasteiger charge is 2.22. The van der Waals surface area contributed by atoms with Gasteiger partial charge in [0.25, 0.3) is 5.91 Å². The quantitative estimate of drug-likeness (QED) is 0.677. The number of aromatic amines is 1. The molecule has 1 aliphatic heterocycles. The zero-order chi connectivity index (χ0) is 12.4. The molecule has 92 valence electrons. The minimum atomic E-state index is -0.130. The minimum absolute atomic E-state index is 0.00824. The van der Waals surface area contributed by atoms with Gasteiger partial charge in [0.1, 0.15) is 0 Å². The summed E-state index contributed by atoms with van der Waals surface area (Å²) in [5.74, 6) is -0.0823. The van der Waals surface area contributed by atoms with Crippen molar-refractivity contribution in [1.82, 2.24) is 20.8 Å². The molecular weight excluding hydrogens is 220 g/mol. The number of amides is 2. The fourth-order valence-corrected chi connectivity index (χ4v) is 2.00. The Bertz CT molecular complexity index is 423. The number of nitrogens with zero attached hydrogens (tertiary/aromatic N) is 1. The van der Waals surface area contributed by atoms with Crippen molar-refractivity contribution in [2.75, 3.05) is 6.54 Å². The fraction of sp³-hybridized carbons (Fsp3) is 0.545. The van der Waals surface area contributed by atoms with E-state index in [4.69, 9.17) is 0 Å². The number of hydrogen-bond donors (Lipinski definition) is 3. The molecule has 1 saturated heterocycles. The van der Waals surface area contributed by atoms with Crippen LogP contribution in [-0.2, 0) is 4.79 Å². The van der Waals surface area contributed by atoms with Crippen LogP contribution in [-0.4, -0.2) is 34.6 Å². The zero-order valence-electron chi connectivity index (χ0n) is 9.96. The molecule has 0 spiro atoms. The Kier molecular flexibility index (Phi) is 3.12. The van der Waals surface area contributed by atoms with Crippen molar-refractivity contribution in [2.24, 2.45) is 0 Å². The predicted octanol–water partition coefficient (Wildman–Crippen LogP) is 0.0349. The van der Waals surface area contributed by atoms with Gasteiger partial charge in [-0.3, -0.25) is 14.7 Å². The van der Waals surface area contributed by atoms with Gasteiger partial charge in [-0.1, -0.05) is 0 Å². The molecule has 0 radical (unpaired) electrons. The van der Waals surface area contributed by atoms with Crippen LogP contribution in [0.5, 0.6) is 0 Å². The molecule has 17 heavy (non-hydrogen) atoms. The van der Waals surface area contributed by atoms with Gasteiger partial charge < -0.3 is 10.6 Å². The monoisotopic (exact) mass is 236 g/mol. The predicted molar refractivity (Wildman–Crippen MR) is 61.6 cm³/mol. The van der Waals surface area contributed by atoms with Crippen molar-refractivity contribution in [3.8, 4) is 0 Å². The standard InChI is InChI=1S/C11H16N4O2/c1-6-10(7(2)15-14-6)11(17)13-8-3-4-9(16)12-5-8/h8H,3-5H2,1-2H3,(H,12,16)(H,13,17)(H,14,15). The molecule has 1 aliphatic rings. The molecule has 6 heteroatoms. The van der Waals surface area contributed by atoms with E-state index in [1.54, 1.807) is 6.92 Å². The second-order valence-corrected chi connectivity index (χ2v) is 4.32. The summed E-state index contributed by atoms with van der Waals surface area (Å²) < 4.78 is 0. The lowest BCUT2D eigenvalue weighted by atomic mass is 10.1. The summed E-state index contributed by atoms with van der Waals surface area (Å²) in [6.45, 7) is 4.11. The van der Waals surface area contributed by atoms with E-state index in [0.29, 0.717) is 30.6 Å². The zero-order valence-corrected chi connectivity index (χ0v) is 9.96. The van der Waals surface area contributed by atoms with E-state index in [1.165, 1.54) is 0 Å². The Morgan fingerprint density at radius 2 is 2.24 bits per heavy atom. The summed E-state index contributed by atoms with van der Waals surface area (Å²) >= 11 is 0. The first-order valence-electron chi connectivity index (χ1n) is 5.67. The van der Waals surface area contributed by atoms with Gasteiger partial charge in [-0.05, 0) is 20.3 Å².